The first kappa shape index (κ1) is 46.7. The van der Waals surface area contributed by atoms with Crippen LogP contribution >= 0.6 is 31.9 Å². The van der Waals surface area contributed by atoms with Crippen LogP contribution in [0.5, 0.6) is 0 Å². The number of rotatable bonds is 6. The van der Waals surface area contributed by atoms with Gasteiger partial charge in [-0.3, -0.25) is 9.97 Å². The van der Waals surface area contributed by atoms with Crippen LogP contribution in [0.15, 0.2) is 259 Å². The minimum atomic E-state index is -1.48. The Bertz CT molecular complexity index is 4180. The number of furan rings is 3. The highest BCUT2D eigenvalue weighted by atomic mass is 79.9. The highest BCUT2D eigenvalue weighted by Gasteiger charge is 2.17. The lowest BCUT2D eigenvalue weighted by Crippen LogP contribution is -2.29. The Balaban J connectivity index is 0.000000153. The molecule has 0 aliphatic carbocycles. The standard InChI is InChI=1S/C41H25NO2.C18H13BO3.C5H3Br2N/c1-3-19-38-34(13-1)36-17-7-15-32(40(36)43-38)28-11-5-9-26(21-28)30-23-31(25-42-24-30)27-10-6-12-29(22-27)33-16-8-18-37-35-14-2-4-20-39(35)44-41(33)37;20-19(21)13-6-3-5-12(11-13)14-8-4-9-16-15-7-1-2-10-17(15)22-18(14)16;6-4-1-5(7)3-8-2-4/h1-25H;1-11,20-21H;1-3H. The van der Waals surface area contributed by atoms with Gasteiger partial charge in [-0.25, -0.2) is 0 Å². The van der Waals surface area contributed by atoms with Gasteiger partial charge in [0.05, 0.1) is 0 Å². The number of hydrogen-bond acceptors (Lipinski definition) is 7. The van der Waals surface area contributed by atoms with E-state index in [1.807, 2.05) is 97.3 Å². The molecule has 0 spiro atoms. The molecule has 14 aromatic rings. The second kappa shape index (κ2) is 20.3. The van der Waals surface area contributed by atoms with Gasteiger partial charge in [0, 0.05) is 93.9 Å². The van der Waals surface area contributed by atoms with Crippen molar-refractivity contribution in [3.63, 3.8) is 0 Å². The Hall–Kier alpha value is -8.38. The molecule has 354 valence electrons. The molecular formula is C64H41BBr2N2O5. The first-order valence-corrected chi connectivity index (χ1v) is 25.5. The summed E-state index contributed by atoms with van der Waals surface area (Å²) in [4.78, 5) is 8.55. The number of hydrogen-bond donors (Lipinski definition) is 2. The zero-order valence-corrected chi connectivity index (χ0v) is 42.5. The second-order valence-electron chi connectivity index (χ2n) is 17.8. The van der Waals surface area contributed by atoms with Crippen molar-refractivity contribution in [1.29, 1.82) is 0 Å². The van der Waals surface area contributed by atoms with Gasteiger partial charge in [-0.05, 0) is 108 Å². The fourth-order valence-corrected chi connectivity index (χ4v) is 10.7. The predicted molar refractivity (Wildman–Crippen MR) is 309 cm³/mol. The largest absolute Gasteiger partial charge is 0.488 e. The molecule has 9 aromatic carbocycles. The summed E-state index contributed by atoms with van der Waals surface area (Å²) in [5.74, 6) is 0. The number of nitrogens with zero attached hydrogens (tertiary/aromatic N) is 2. The molecule has 0 saturated heterocycles. The van der Waals surface area contributed by atoms with Gasteiger partial charge < -0.3 is 23.3 Å². The maximum atomic E-state index is 9.35. The van der Waals surface area contributed by atoms with Crippen LogP contribution in [0.25, 0.3) is 121 Å². The number of benzene rings is 9. The summed E-state index contributed by atoms with van der Waals surface area (Å²) in [5.41, 5.74) is 16.3. The smallest absolute Gasteiger partial charge is 0.455 e. The molecule has 2 N–H and O–H groups in total. The van der Waals surface area contributed by atoms with E-state index < -0.39 is 7.12 Å². The fourth-order valence-electron chi connectivity index (χ4n) is 9.66. The lowest BCUT2D eigenvalue weighted by molar-refractivity contribution is 0.426. The predicted octanol–water partition coefficient (Wildman–Crippen LogP) is 17.1. The van der Waals surface area contributed by atoms with E-state index in [9.17, 15) is 10.0 Å². The van der Waals surface area contributed by atoms with Crippen LogP contribution in [0.3, 0.4) is 0 Å². The Morgan fingerprint density at radius 1 is 0.311 bits per heavy atom. The van der Waals surface area contributed by atoms with Crippen LogP contribution in [-0.2, 0) is 0 Å². The summed E-state index contributed by atoms with van der Waals surface area (Å²) in [5, 5.41) is 25.4. The summed E-state index contributed by atoms with van der Waals surface area (Å²) in [7, 11) is -1.48. The number of pyridine rings is 2. The zero-order chi connectivity index (χ0) is 50.1. The third-order valence-corrected chi connectivity index (χ3v) is 14.0. The van der Waals surface area contributed by atoms with Crippen molar-refractivity contribution >= 4 is 110 Å². The van der Waals surface area contributed by atoms with Gasteiger partial charge in [0.15, 0.2) is 0 Å². The SMILES string of the molecule is Brc1cncc(Br)c1.OB(O)c1cccc(-c2cccc3c2oc2ccccc23)c1.c1cc(-c2cncc(-c3cccc(-c4cccc5c4oc4ccccc45)c3)c2)cc(-c2cccc3c2oc2ccccc23)c1. The quantitative estimate of drug-likeness (QED) is 0.160. The van der Waals surface area contributed by atoms with Crippen molar-refractivity contribution in [1.82, 2.24) is 9.97 Å². The summed E-state index contributed by atoms with van der Waals surface area (Å²) in [6, 6.07) is 71.7. The van der Waals surface area contributed by atoms with E-state index in [1.54, 1.807) is 24.5 Å². The second-order valence-corrected chi connectivity index (χ2v) is 19.6. The van der Waals surface area contributed by atoms with Crippen LogP contribution in [0.1, 0.15) is 0 Å². The van der Waals surface area contributed by atoms with Gasteiger partial charge >= 0.3 is 7.12 Å². The monoisotopic (exact) mass is 1090 g/mol. The maximum Gasteiger partial charge on any atom is 0.488 e. The third kappa shape index (κ3) is 9.21. The van der Waals surface area contributed by atoms with Gasteiger partial charge in [-0.1, -0.05) is 170 Å². The summed E-state index contributed by atoms with van der Waals surface area (Å²) >= 11 is 6.54. The Kier molecular flexibility index (Phi) is 12.8. The molecule has 0 fully saturated rings. The molecule has 0 atom stereocenters. The van der Waals surface area contributed by atoms with Crippen LogP contribution in [0, 0.1) is 0 Å². The minimum Gasteiger partial charge on any atom is -0.455 e. The van der Waals surface area contributed by atoms with E-state index in [2.05, 4.69) is 157 Å². The topological polar surface area (TPSA) is 106 Å². The van der Waals surface area contributed by atoms with Crippen molar-refractivity contribution in [3.8, 4) is 55.6 Å². The maximum absolute atomic E-state index is 9.35. The Labute approximate surface area is 442 Å². The van der Waals surface area contributed by atoms with Crippen LogP contribution < -0.4 is 5.46 Å². The molecule has 10 heteroatoms. The van der Waals surface area contributed by atoms with Gasteiger partial charge in [0.1, 0.15) is 33.5 Å². The number of halogens is 2. The fraction of sp³-hybridized carbons (Fsp3) is 0. The molecule has 14 rings (SSSR count). The molecule has 74 heavy (non-hydrogen) atoms. The van der Waals surface area contributed by atoms with Crippen LogP contribution in [0.2, 0.25) is 0 Å². The molecule has 0 unspecified atom stereocenters. The van der Waals surface area contributed by atoms with E-state index in [1.165, 1.54) is 0 Å². The average molecular weight is 1090 g/mol. The highest BCUT2D eigenvalue weighted by molar-refractivity contribution is 9.11. The third-order valence-electron chi connectivity index (χ3n) is 13.1. The average Bonchev–Trinajstić information content (AvgIpc) is 4.15. The van der Waals surface area contributed by atoms with Crippen LogP contribution in [-0.4, -0.2) is 27.1 Å². The summed E-state index contributed by atoms with van der Waals surface area (Å²) in [6.07, 6.45) is 7.35. The Morgan fingerprint density at radius 3 is 1.05 bits per heavy atom. The lowest BCUT2D eigenvalue weighted by atomic mass is 9.79. The van der Waals surface area contributed by atoms with Crippen LogP contribution in [0.4, 0.5) is 0 Å². The molecule has 5 aromatic heterocycles. The van der Waals surface area contributed by atoms with Gasteiger partial charge in [-0.15, -0.1) is 0 Å². The van der Waals surface area contributed by atoms with Crippen molar-refractivity contribution in [3.05, 3.63) is 246 Å². The van der Waals surface area contributed by atoms with Crippen molar-refractivity contribution < 1.29 is 23.3 Å². The van der Waals surface area contributed by atoms with Gasteiger partial charge in [0.25, 0.3) is 0 Å². The molecule has 7 nitrogen and oxygen atoms in total. The van der Waals surface area contributed by atoms with Crippen molar-refractivity contribution in [2.45, 2.75) is 0 Å². The van der Waals surface area contributed by atoms with E-state index >= 15 is 0 Å². The number of para-hydroxylation sites is 6. The van der Waals surface area contributed by atoms with Crippen molar-refractivity contribution in [2.24, 2.45) is 0 Å². The molecule has 0 radical (unpaired) electrons. The molecule has 0 bridgehead atoms. The van der Waals surface area contributed by atoms with E-state index in [0.717, 1.165) is 130 Å². The molecular weight excluding hydrogens is 1050 g/mol. The van der Waals surface area contributed by atoms with Crippen molar-refractivity contribution in [2.75, 3.05) is 0 Å². The van der Waals surface area contributed by atoms with Gasteiger partial charge in [-0.2, -0.15) is 0 Å². The van der Waals surface area contributed by atoms with E-state index in [4.69, 9.17) is 13.3 Å². The normalized spacial score (nSPS) is 11.2. The lowest BCUT2D eigenvalue weighted by Gasteiger charge is -2.10. The molecule has 5 heterocycles. The molecule has 0 saturated carbocycles. The number of aromatic nitrogens is 2. The summed E-state index contributed by atoms with van der Waals surface area (Å²) in [6.45, 7) is 0. The van der Waals surface area contributed by atoms with E-state index in [0.29, 0.717) is 5.46 Å². The summed E-state index contributed by atoms with van der Waals surface area (Å²) < 4.78 is 20.7. The highest BCUT2D eigenvalue weighted by Crippen LogP contribution is 2.40. The zero-order valence-electron chi connectivity index (χ0n) is 39.4. The first-order valence-electron chi connectivity index (χ1n) is 23.9. The molecule has 0 aliphatic rings. The minimum absolute atomic E-state index is 0.464. The first-order chi connectivity index (χ1) is 36.3. The van der Waals surface area contributed by atoms with Gasteiger partial charge in [0.2, 0.25) is 0 Å². The Morgan fingerprint density at radius 2 is 0.649 bits per heavy atom. The molecule has 0 aliphatic heterocycles. The number of fused-ring (bicyclic) bond motifs is 9. The van der Waals surface area contributed by atoms with E-state index in [-0.39, 0.29) is 0 Å². The molecule has 0 amide bonds.